The number of hydroxylamine groups is 2. The Bertz CT molecular complexity index is 1050. The Kier molecular flexibility index (Phi) is 9.80. The van der Waals surface area contributed by atoms with Crippen LogP contribution in [-0.2, 0) is 41.9 Å². The molecule has 0 aromatic heterocycles. The van der Waals surface area contributed by atoms with Gasteiger partial charge in [-0.3, -0.25) is 9.59 Å². The number of hydrogen-bond acceptors (Lipinski definition) is 8. The number of hydrogen-bond donors (Lipinski definition) is 2. The van der Waals surface area contributed by atoms with Crippen LogP contribution in [0.2, 0.25) is 0 Å². The first kappa shape index (κ1) is 26.2. The first-order valence-electron chi connectivity index (χ1n) is 11.4. The van der Waals surface area contributed by atoms with Crippen molar-refractivity contribution in [3.05, 3.63) is 71.8 Å². The molecule has 36 heavy (non-hydrogen) atoms. The number of imide groups is 1. The Balaban J connectivity index is 1.48. The Hall–Kier alpha value is -4.41. The Morgan fingerprint density at radius 3 is 1.89 bits per heavy atom. The van der Waals surface area contributed by atoms with Crippen LogP contribution in [0.3, 0.4) is 0 Å². The third-order valence-corrected chi connectivity index (χ3v) is 5.13. The van der Waals surface area contributed by atoms with E-state index in [1.807, 2.05) is 36.4 Å². The van der Waals surface area contributed by atoms with Gasteiger partial charge in [-0.25, -0.2) is 14.4 Å². The van der Waals surface area contributed by atoms with Crippen LogP contribution in [0.25, 0.3) is 0 Å². The van der Waals surface area contributed by atoms with Gasteiger partial charge in [0.05, 0.1) is 0 Å². The smallest absolute Gasteiger partial charge is 0.408 e. The lowest BCUT2D eigenvalue weighted by Gasteiger charge is -2.20. The van der Waals surface area contributed by atoms with E-state index in [-0.39, 0.29) is 45.4 Å². The molecule has 0 bridgehead atoms. The van der Waals surface area contributed by atoms with Gasteiger partial charge in [-0.05, 0) is 24.0 Å². The molecule has 0 aliphatic carbocycles. The number of nitrogens with zero attached hydrogens (tertiary/aromatic N) is 1. The van der Waals surface area contributed by atoms with Gasteiger partial charge in [-0.1, -0.05) is 60.7 Å². The molecule has 1 heterocycles. The van der Waals surface area contributed by atoms with Crippen LogP contribution in [-0.4, -0.2) is 47.6 Å². The maximum absolute atomic E-state index is 12.6. The fourth-order valence-corrected chi connectivity index (χ4v) is 3.24. The first-order chi connectivity index (χ1) is 17.4. The maximum atomic E-state index is 12.6. The van der Waals surface area contributed by atoms with Gasteiger partial charge in [-0.2, -0.15) is 0 Å². The third-order valence-electron chi connectivity index (χ3n) is 5.13. The minimum atomic E-state index is -1.23. The molecule has 1 aliphatic heterocycles. The standard InChI is InChI=1S/C25H27N3O8/c29-21-13-14-22(30)28(21)36-23(31)20(27-25(33)35-17-19-10-5-2-6-11-19)12-7-15-26-24(32)34-16-18-8-3-1-4-9-18/h1-6,8-11,20H,7,12-17H2,(H,26,32)(H,27,33)/t20-/m1/s1. The highest BCUT2D eigenvalue weighted by molar-refractivity contribution is 6.01. The highest BCUT2D eigenvalue weighted by Gasteiger charge is 2.35. The average Bonchev–Trinajstić information content (AvgIpc) is 3.21. The molecular weight excluding hydrogens is 470 g/mol. The van der Waals surface area contributed by atoms with Gasteiger partial charge in [0.15, 0.2) is 0 Å². The van der Waals surface area contributed by atoms with Crippen LogP contribution in [0, 0.1) is 0 Å². The van der Waals surface area contributed by atoms with Crippen LogP contribution in [0.1, 0.15) is 36.8 Å². The number of ether oxygens (including phenoxy) is 2. The maximum Gasteiger partial charge on any atom is 0.408 e. The van der Waals surface area contributed by atoms with Gasteiger partial charge >= 0.3 is 18.2 Å². The molecule has 190 valence electrons. The minimum Gasteiger partial charge on any atom is -0.445 e. The number of amides is 4. The van der Waals surface area contributed by atoms with E-state index in [0.29, 0.717) is 5.06 Å². The van der Waals surface area contributed by atoms with Crippen molar-refractivity contribution in [2.24, 2.45) is 0 Å². The molecule has 1 fully saturated rings. The van der Waals surface area contributed by atoms with Crippen molar-refractivity contribution in [3.63, 3.8) is 0 Å². The SMILES string of the molecule is O=C(NCCC[C@@H](NC(=O)OCc1ccccc1)C(=O)ON1C(=O)CCC1=O)OCc1ccccc1. The largest absolute Gasteiger partial charge is 0.445 e. The first-order valence-corrected chi connectivity index (χ1v) is 11.4. The summed E-state index contributed by atoms with van der Waals surface area (Å²) in [5.41, 5.74) is 1.58. The quantitative estimate of drug-likeness (QED) is 0.357. The predicted molar refractivity (Wildman–Crippen MR) is 125 cm³/mol. The highest BCUT2D eigenvalue weighted by Crippen LogP contribution is 2.14. The van der Waals surface area contributed by atoms with Gasteiger partial charge in [-0.15, -0.1) is 5.06 Å². The number of benzene rings is 2. The number of rotatable bonds is 11. The van der Waals surface area contributed by atoms with Crippen molar-refractivity contribution < 1.29 is 38.3 Å². The summed E-state index contributed by atoms with van der Waals surface area (Å²) in [7, 11) is 0. The molecule has 1 saturated heterocycles. The van der Waals surface area contributed by atoms with E-state index in [4.69, 9.17) is 14.3 Å². The van der Waals surface area contributed by atoms with Crippen molar-refractivity contribution >= 4 is 30.0 Å². The summed E-state index contributed by atoms with van der Waals surface area (Å²) in [6, 6.07) is 16.9. The number of alkyl carbamates (subject to hydrolysis) is 2. The molecule has 0 spiro atoms. The van der Waals surface area contributed by atoms with Crippen molar-refractivity contribution in [1.29, 1.82) is 0 Å². The van der Waals surface area contributed by atoms with Crippen LogP contribution in [0.4, 0.5) is 9.59 Å². The van der Waals surface area contributed by atoms with Crippen LogP contribution < -0.4 is 10.6 Å². The Morgan fingerprint density at radius 1 is 0.806 bits per heavy atom. The number of carbonyl (C=O) groups excluding carboxylic acids is 5. The second-order valence-corrected chi connectivity index (χ2v) is 7.88. The Labute approximate surface area is 207 Å². The van der Waals surface area contributed by atoms with Gasteiger partial charge < -0.3 is 24.9 Å². The van der Waals surface area contributed by atoms with E-state index in [9.17, 15) is 24.0 Å². The van der Waals surface area contributed by atoms with Crippen molar-refractivity contribution in [1.82, 2.24) is 15.7 Å². The predicted octanol–water partition coefficient (Wildman–Crippen LogP) is 2.60. The Morgan fingerprint density at radius 2 is 1.33 bits per heavy atom. The summed E-state index contributed by atoms with van der Waals surface area (Å²) in [5, 5.41) is 5.36. The third kappa shape index (κ3) is 8.42. The minimum absolute atomic E-state index is 0.0215. The molecule has 0 unspecified atom stereocenters. The molecule has 2 N–H and O–H groups in total. The second-order valence-electron chi connectivity index (χ2n) is 7.88. The van der Waals surface area contributed by atoms with Gasteiger partial charge in [0.2, 0.25) is 0 Å². The zero-order valence-corrected chi connectivity index (χ0v) is 19.5. The molecular formula is C25H27N3O8. The molecule has 2 aromatic rings. The summed E-state index contributed by atoms with van der Waals surface area (Å²) in [4.78, 5) is 65.3. The second kappa shape index (κ2) is 13.5. The lowest BCUT2D eigenvalue weighted by molar-refractivity contribution is -0.199. The molecule has 1 atom stereocenters. The van der Waals surface area contributed by atoms with E-state index >= 15 is 0 Å². The van der Waals surface area contributed by atoms with Crippen molar-refractivity contribution in [2.45, 2.75) is 44.9 Å². The summed E-state index contributed by atoms with van der Waals surface area (Å²) >= 11 is 0. The molecule has 3 rings (SSSR count). The topological polar surface area (TPSA) is 140 Å². The van der Waals surface area contributed by atoms with E-state index < -0.39 is 36.0 Å². The van der Waals surface area contributed by atoms with E-state index in [0.717, 1.165) is 11.1 Å². The monoisotopic (exact) mass is 497 g/mol. The fourth-order valence-electron chi connectivity index (χ4n) is 3.24. The zero-order chi connectivity index (χ0) is 25.8. The molecule has 2 aromatic carbocycles. The molecule has 0 radical (unpaired) electrons. The van der Waals surface area contributed by atoms with Crippen molar-refractivity contribution in [3.8, 4) is 0 Å². The summed E-state index contributed by atoms with van der Waals surface area (Å²) < 4.78 is 10.3. The number of carbonyl (C=O) groups is 5. The average molecular weight is 498 g/mol. The van der Waals surface area contributed by atoms with Gasteiger partial charge in [0.1, 0.15) is 19.3 Å². The fraction of sp³-hybridized carbons (Fsp3) is 0.320. The van der Waals surface area contributed by atoms with Crippen LogP contribution in [0.5, 0.6) is 0 Å². The summed E-state index contributed by atoms with van der Waals surface area (Å²) in [5.74, 6) is -2.27. The number of nitrogens with one attached hydrogen (secondary N) is 2. The summed E-state index contributed by atoms with van der Waals surface area (Å²) in [6.07, 6.45) is -1.34. The van der Waals surface area contributed by atoms with Crippen molar-refractivity contribution in [2.75, 3.05) is 6.54 Å². The van der Waals surface area contributed by atoms with E-state index in [1.165, 1.54) is 0 Å². The van der Waals surface area contributed by atoms with E-state index in [2.05, 4.69) is 10.6 Å². The van der Waals surface area contributed by atoms with Crippen LogP contribution >= 0.6 is 0 Å². The lowest BCUT2D eigenvalue weighted by atomic mass is 10.1. The highest BCUT2D eigenvalue weighted by atomic mass is 16.7. The van der Waals surface area contributed by atoms with Crippen LogP contribution in [0.15, 0.2) is 60.7 Å². The molecule has 4 amide bonds. The van der Waals surface area contributed by atoms with E-state index in [1.54, 1.807) is 24.3 Å². The normalized spacial score (nSPS) is 13.6. The summed E-state index contributed by atoms with van der Waals surface area (Å²) in [6.45, 7) is 0.223. The zero-order valence-electron chi connectivity index (χ0n) is 19.5. The van der Waals surface area contributed by atoms with Gasteiger partial charge in [0, 0.05) is 19.4 Å². The molecule has 0 saturated carbocycles. The molecule has 11 heteroatoms. The lowest BCUT2D eigenvalue weighted by Crippen LogP contribution is -2.45. The van der Waals surface area contributed by atoms with Gasteiger partial charge in [0.25, 0.3) is 11.8 Å². The molecule has 1 aliphatic rings. The molecule has 11 nitrogen and oxygen atoms in total.